The first-order valence-electron chi connectivity index (χ1n) is 9.34. The van der Waals surface area contributed by atoms with E-state index in [9.17, 15) is 4.79 Å². The zero-order valence-corrected chi connectivity index (χ0v) is 16.6. The first-order valence-corrected chi connectivity index (χ1v) is 9.72. The van der Waals surface area contributed by atoms with Gasteiger partial charge in [-0.3, -0.25) is 4.79 Å². The van der Waals surface area contributed by atoms with E-state index in [-0.39, 0.29) is 23.9 Å². The molecule has 1 aliphatic heterocycles. The molecule has 1 amide bonds. The maximum atomic E-state index is 13.6. The number of piperidine rings is 1. The predicted molar refractivity (Wildman–Crippen MR) is 106 cm³/mol. The van der Waals surface area contributed by atoms with Gasteiger partial charge >= 0.3 is 0 Å². The van der Waals surface area contributed by atoms with Gasteiger partial charge in [0.05, 0.1) is 5.41 Å². The number of amides is 1. The van der Waals surface area contributed by atoms with Gasteiger partial charge in [0, 0.05) is 24.2 Å². The Kier molecular flexibility index (Phi) is 7.19. The van der Waals surface area contributed by atoms with Crippen molar-refractivity contribution in [2.24, 2.45) is 11.7 Å². The number of carbonyl (C=O) groups excluding carboxylic acids is 1. The zero-order chi connectivity index (χ0) is 17.2. The third-order valence-electron chi connectivity index (χ3n) is 5.98. The van der Waals surface area contributed by atoms with E-state index in [4.69, 9.17) is 17.3 Å². The number of likely N-dealkylation sites (tertiary alicyclic amines) is 1. The first-order chi connectivity index (χ1) is 11.5. The Morgan fingerprint density at radius 2 is 2.00 bits per heavy atom. The van der Waals surface area contributed by atoms with Crippen LogP contribution in [0.4, 0.5) is 0 Å². The third kappa shape index (κ3) is 4.32. The number of hydrogen-bond donors (Lipinski definition) is 1. The van der Waals surface area contributed by atoms with Crippen LogP contribution in [0.15, 0.2) is 24.3 Å². The first kappa shape index (κ1) is 20.5. The molecule has 0 spiro atoms. The summed E-state index contributed by atoms with van der Waals surface area (Å²) in [5.74, 6) is 0.720. The van der Waals surface area contributed by atoms with Gasteiger partial charge < -0.3 is 10.6 Å². The lowest BCUT2D eigenvalue weighted by Crippen LogP contribution is -2.53. The average Bonchev–Trinajstić information content (AvgIpc) is 2.61. The fraction of sp³-hybridized carbons (Fsp3) is 0.650. The van der Waals surface area contributed by atoms with Gasteiger partial charge in [-0.05, 0) is 56.2 Å². The van der Waals surface area contributed by atoms with E-state index in [1.54, 1.807) is 0 Å². The molecule has 2 unspecified atom stereocenters. The van der Waals surface area contributed by atoms with Crippen LogP contribution in [0.2, 0.25) is 5.02 Å². The molecule has 2 N–H and O–H groups in total. The van der Waals surface area contributed by atoms with E-state index in [1.807, 2.05) is 18.2 Å². The van der Waals surface area contributed by atoms with Gasteiger partial charge in [-0.15, -0.1) is 12.4 Å². The monoisotopic (exact) mass is 384 g/mol. The molecule has 25 heavy (non-hydrogen) atoms. The molecular formula is C20H30Cl2N2O. The standard InChI is InChI=1S/C20H29ClN2O.ClH/c1-15(22)16-7-6-12-23(14-16)19(24)20(10-3-2-4-11-20)17-8-5-9-18(21)13-17;/h5,8-9,13,15-16H,2-4,6-7,10-12,14,22H2,1H3;1H. The van der Waals surface area contributed by atoms with Crippen LogP contribution in [0.5, 0.6) is 0 Å². The maximum Gasteiger partial charge on any atom is 0.233 e. The molecule has 1 aliphatic carbocycles. The molecule has 2 aliphatic rings. The molecule has 0 bridgehead atoms. The summed E-state index contributed by atoms with van der Waals surface area (Å²) in [7, 11) is 0. The zero-order valence-electron chi connectivity index (χ0n) is 15.0. The minimum Gasteiger partial charge on any atom is -0.342 e. The van der Waals surface area contributed by atoms with Gasteiger partial charge in [0.15, 0.2) is 0 Å². The highest BCUT2D eigenvalue weighted by Crippen LogP contribution is 2.42. The molecule has 2 atom stereocenters. The van der Waals surface area contributed by atoms with Crippen molar-refractivity contribution in [2.75, 3.05) is 13.1 Å². The molecule has 1 aromatic rings. The quantitative estimate of drug-likeness (QED) is 0.830. The van der Waals surface area contributed by atoms with Crippen LogP contribution < -0.4 is 5.73 Å². The number of carbonyl (C=O) groups is 1. The van der Waals surface area contributed by atoms with Gasteiger partial charge in [0.1, 0.15) is 0 Å². The van der Waals surface area contributed by atoms with Crippen molar-refractivity contribution in [3.05, 3.63) is 34.9 Å². The van der Waals surface area contributed by atoms with Crippen LogP contribution in [0.25, 0.3) is 0 Å². The summed E-state index contributed by atoms with van der Waals surface area (Å²) in [6, 6.07) is 8.09. The van der Waals surface area contributed by atoms with Gasteiger partial charge in [-0.2, -0.15) is 0 Å². The topological polar surface area (TPSA) is 46.3 Å². The lowest BCUT2D eigenvalue weighted by molar-refractivity contribution is -0.141. The van der Waals surface area contributed by atoms with E-state index < -0.39 is 0 Å². The highest BCUT2D eigenvalue weighted by Gasteiger charge is 2.44. The Morgan fingerprint density at radius 1 is 1.28 bits per heavy atom. The molecule has 1 saturated carbocycles. The minimum absolute atomic E-state index is 0. The second-order valence-corrected chi connectivity index (χ2v) is 8.10. The summed E-state index contributed by atoms with van der Waals surface area (Å²) < 4.78 is 0. The molecule has 5 heteroatoms. The molecule has 1 saturated heterocycles. The summed E-state index contributed by atoms with van der Waals surface area (Å²) in [6.07, 6.45) is 7.51. The second kappa shape index (κ2) is 8.75. The smallest absolute Gasteiger partial charge is 0.233 e. The lowest BCUT2D eigenvalue weighted by Gasteiger charge is -2.43. The number of hydrogen-bond acceptors (Lipinski definition) is 2. The van der Waals surface area contributed by atoms with Crippen LogP contribution in [0, 0.1) is 5.92 Å². The number of nitrogens with two attached hydrogens (primary N) is 1. The SMILES string of the molecule is CC(N)C1CCCN(C(=O)C2(c3cccc(Cl)c3)CCCCC2)C1.Cl. The summed E-state index contributed by atoms with van der Waals surface area (Å²) in [6.45, 7) is 3.73. The molecule has 3 rings (SSSR count). The molecule has 2 fully saturated rings. The summed E-state index contributed by atoms with van der Waals surface area (Å²) in [5, 5.41) is 0.720. The fourth-order valence-electron chi connectivity index (χ4n) is 4.49. The van der Waals surface area contributed by atoms with Crippen molar-refractivity contribution in [1.29, 1.82) is 0 Å². The lowest BCUT2D eigenvalue weighted by atomic mass is 9.68. The number of nitrogens with zero attached hydrogens (tertiary/aromatic N) is 1. The van der Waals surface area contributed by atoms with Crippen LogP contribution >= 0.6 is 24.0 Å². The highest BCUT2D eigenvalue weighted by atomic mass is 35.5. The van der Waals surface area contributed by atoms with Crippen LogP contribution in [0.3, 0.4) is 0 Å². The number of rotatable bonds is 3. The number of benzene rings is 1. The van der Waals surface area contributed by atoms with Crippen molar-refractivity contribution in [2.45, 2.75) is 63.3 Å². The van der Waals surface area contributed by atoms with Crippen LogP contribution in [0.1, 0.15) is 57.4 Å². The van der Waals surface area contributed by atoms with Gasteiger partial charge in [-0.1, -0.05) is 43.0 Å². The normalized spacial score (nSPS) is 24.3. The van der Waals surface area contributed by atoms with E-state index in [0.717, 1.165) is 62.2 Å². The van der Waals surface area contributed by atoms with Crippen LogP contribution in [-0.2, 0) is 10.2 Å². The van der Waals surface area contributed by atoms with Crippen molar-refractivity contribution < 1.29 is 4.79 Å². The molecule has 1 heterocycles. The van der Waals surface area contributed by atoms with Crippen molar-refractivity contribution in [1.82, 2.24) is 4.90 Å². The van der Waals surface area contributed by atoms with E-state index in [1.165, 1.54) is 6.42 Å². The molecule has 3 nitrogen and oxygen atoms in total. The Bertz CT molecular complexity index is 585. The van der Waals surface area contributed by atoms with Crippen LogP contribution in [-0.4, -0.2) is 29.9 Å². The largest absolute Gasteiger partial charge is 0.342 e. The Balaban J connectivity index is 0.00000225. The Hall–Kier alpha value is -0.770. The third-order valence-corrected chi connectivity index (χ3v) is 6.22. The molecule has 0 aromatic heterocycles. The van der Waals surface area contributed by atoms with Gasteiger partial charge in [-0.25, -0.2) is 0 Å². The van der Waals surface area contributed by atoms with Gasteiger partial charge in [0.25, 0.3) is 0 Å². The van der Waals surface area contributed by atoms with E-state index in [2.05, 4.69) is 17.9 Å². The minimum atomic E-state index is -0.386. The Morgan fingerprint density at radius 3 is 2.64 bits per heavy atom. The Labute approximate surface area is 162 Å². The van der Waals surface area contributed by atoms with Crippen molar-refractivity contribution in [3.63, 3.8) is 0 Å². The van der Waals surface area contributed by atoms with E-state index in [0.29, 0.717) is 11.8 Å². The fourth-order valence-corrected chi connectivity index (χ4v) is 4.68. The van der Waals surface area contributed by atoms with E-state index >= 15 is 0 Å². The molecule has 0 radical (unpaired) electrons. The predicted octanol–water partition coefficient (Wildman–Crippen LogP) is 4.55. The van der Waals surface area contributed by atoms with Gasteiger partial charge in [0.2, 0.25) is 5.91 Å². The van der Waals surface area contributed by atoms with Crippen molar-refractivity contribution in [3.8, 4) is 0 Å². The second-order valence-electron chi connectivity index (χ2n) is 7.67. The average molecular weight is 385 g/mol. The molecule has 140 valence electrons. The highest BCUT2D eigenvalue weighted by molar-refractivity contribution is 6.30. The maximum absolute atomic E-state index is 13.6. The van der Waals surface area contributed by atoms with Crippen molar-refractivity contribution >= 4 is 29.9 Å². The summed E-state index contributed by atoms with van der Waals surface area (Å²) in [5.41, 5.74) is 6.83. The summed E-state index contributed by atoms with van der Waals surface area (Å²) >= 11 is 6.24. The summed E-state index contributed by atoms with van der Waals surface area (Å²) in [4.78, 5) is 15.7. The molecular weight excluding hydrogens is 355 g/mol. The molecule has 1 aromatic carbocycles. The number of halogens is 2.